The van der Waals surface area contributed by atoms with Crippen LogP contribution in [0.1, 0.15) is 24.8 Å². The molecule has 2 aromatic carbocycles. The number of hydrogen-bond acceptors (Lipinski definition) is 3. The standard InChI is InChI=1S/C19H25NO2.ClH/c1-21-18-13-16-7-6-15(12-17(16)14-19(18)22-2)8-11-20-9-4-3-5-10-20;/h6-7,12-14H,3-5,8-11H2,1-2H3;1H. The van der Waals surface area contributed by atoms with Crippen LogP contribution < -0.4 is 9.47 Å². The van der Waals surface area contributed by atoms with Gasteiger partial charge in [0, 0.05) is 6.54 Å². The number of methoxy groups -OCH3 is 2. The summed E-state index contributed by atoms with van der Waals surface area (Å²) in [5.74, 6) is 1.58. The Morgan fingerprint density at radius 3 is 2.17 bits per heavy atom. The van der Waals surface area contributed by atoms with Crippen molar-refractivity contribution in [1.29, 1.82) is 0 Å². The van der Waals surface area contributed by atoms with E-state index in [9.17, 15) is 0 Å². The molecule has 0 saturated carbocycles. The molecule has 126 valence electrons. The Labute approximate surface area is 145 Å². The predicted octanol–water partition coefficient (Wildman–Crippen LogP) is 4.31. The van der Waals surface area contributed by atoms with Crippen LogP contribution >= 0.6 is 12.4 Å². The summed E-state index contributed by atoms with van der Waals surface area (Å²) in [5, 5.41) is 2.41. The number of fused-ring (bicyclic) bond motifs is 1. The first-order valence-electron chi connectivity index (χ1n) is 8.17. The van der Waals surface area contributed by atoms with Gasteiger partial charge in [-0.2, -0.15) is 0 Å². The Bertz CT molecular complexity index is 639. The van der Waals surface area contributed by atoms with Gasteiger partial charge in [-0.25, -0.2) is 0 Å². The molecule has 0 aliphatic carbocycles. The zero-order valence-corrected chi connectivity index (χ0v) is 14.8. The van der Waals surface area contributed by atoms with E-state index in [2.05, 4.69) is 29.2 Å². The third kappa shape index (κ3) is 4.30. The van der Waals surface area contributed by atoms with Crippen LogP contribution in [0.25, 0.3) is 10.8 Å². The fourth-order valence-corrected chi connectivity index (χ4v) is 3.25. The predicted molar refractivity (Wildman–Crippen MR) is 98.3 cm³/mol. The van der Waals surface area contributed by atoms with E-state index in [1.807, 2.05) is 6.07 Å². The average Bonchev–Trinajstić information content (AvgIpc) is 2.59. The van der Waals surface area contributed by atoms with Crippen LogP contribution in [0.4, 0.5) is 0 Å². The molecule has 0 aromatic heterocycles. The van der Waals surface area contributed by atoms with Gasteiger partial charge in [0.2, 0.25) is 0 Å². The minimum Gasteiger partial charge on any atom is -0.493 e. The van der Waals surface area contributed by atoms with Crippen LogP contribution in [0, 0.1) is 0 Å². The number of ether oxygens (including phenoxy) is 2. The molecule has 23 heavy (non-hydrogen) atoms. The minimum absolute atomic E-state index is 0. The molecule has 0 radical (unpaired) electrons. The number of halogens is 1. The first-order valence-corrected chi connectivity index (χ1v) is 8.17. The molecule has 1 aliphatic heterocycles. The summed E-state index contributed by atoms with van der Waals surface area (Å²) in [5.41, 5.74) is 1.39. The van der Waals surface area contributed by atoms with Gasteiger partial charge in [0.1, 0.15) is 0 Å². The molecule has 0 bridgehead atoms. The van der Waals surface area contributed by atoms with E-state index in [-0.39, 0.29) is 12.4 Å². The van der Waals surface area contributed by atoms with Crippen LogP contribution in [-0.2, 0) is 6.42 Å². The van der Waals surface area contributed by atoms with Crippen LogP contribution in [0.3, 0.4) is 0 Å². The maximum absolute atomic E-state index is 5.41. The molecule has 1 fully saturated rings. The van der Waals surface area contributed by atoms with E-state index in [4.69, 9.17) is 9.47 Å². The lowest BCUT2D eigenvalue weighted by Gasteiger charge is -2.26. The Hall–Kier alpha value is -1.45. The molecule has 0 spiro atoms. The Kier molecular flexibility index (Phi) is 6.55. The number of hydrogen-bond donors (Lipinski definition) is 0. The Morgan fingerprint density at radius 1 is 0.870 bits per heavy atom. The van der Waals surface area contributed by atoms with Gasteiger partial charge in [-0.15, -0.1) is 12.4 Å². The normalized spacial score (nSPS) is 15.2. The lowest BCUT2D eigenvalue weighted by Crippen LogP contribution is -2.31. The molecule has 2 aromatic rings. The number of nitrogens with zero attached hydrogens (tertiary/aromatic N) is 1. The molecule has 0 amide bonds. The third-order valence-electron chi connectivity index (χ3n) is 4.57. The first-order chi connectivity index (χ1) is 10.8. The van der Waals surface area contributed by atoms with E-state index < -0.39 is 0 Å². The van der Waals surface area contributed by atoms with Gasteiger partial charge >= 0.3 is 0 Å². The summed E-state index contributed by atoms with van der Waals surface area (Å²) in [7, 11) is 3.36. The van der Waals surface area contributed by atoms with Gasteiger partial charge in [0.25, 0.3) is 0 Å². The van der Waals surface area contributed by atoms with E-state index >= 15 is 0 Å². The number of benzene rings is 2. The zero-order chi connectivity index (χ0) is 15.4. The van der Waals surface area contributed by atoms with Crippen LogP contribution in [0.15, 0.2) is 30.3 Å². The maximum Gasteiger partial charge on any atom is 0.161 e. The molecular formula is C19H26ClNO2. The number of piperidine rings is 1. The number of likely N-dealkylation sites (tertiary alicyclic amines) is 1. The molecular weight excluding hydrogens is 310 g/mol. The molecule has 3 nitrogen and oxygen atoms in total. The minimum atomic E-state index is 0. The highest BCUT2D eigenvalue weighted by Gasteiger charge is 2.10. The summed E-state index contributed by atoms with van der Waals surface area (Å²) in [4.78, 5) is 2.59. The monoisotopic (exact) mass is 335 g/mol. The molecule has 3 rings (SSSR count). The van der Waals surface area contributed by atoms with Crippen LogP contribution in [-0.4, -0.2) is 38.8 Å². The highest BCUT2D eigenvalue weighted by atomic mass is 35.5. The van der Waals surface area contributed by atoms with Crippen molar-refractivity contribution in [2.24, 2.45) is 0 Å². The number of rotatable bonds is 5. The fraction of sp³-hybridized carbons (Fsp3) is 0.474. The lowest BCUT2D eigenvalue weighted by molar-refractivity contribution is 0.231. The first kappa shape index (κ1) is 17.9. The van der Waals surface area contributed by atoms with Gasteiger partial charge in [-0.1, -0.05) is 24.6 Å². The summed E-state index contributed by atoms with van der Waals surface area (Å²) >= 11 is 0. The highest BCUT2D eigenvalue weighted by molar-refractivity contribution is 5.86. The summed E-state index contributed by atoms with van der Waals surface area (Å²) in [6.07, 6.45) is 5.22. The largest absolute Gasteiger partial charge is 0.493 e. The molecule has 0 unspecified atom stereocenters. The van der Waals surface area contributed by atoms with Crippen molar-refractivity contribution in [2.75, 3.05) is 33.9 Å². The van der Waals surface area contributed by atoms with E-state index in [1.54, 1.807) is 14.2 Å². The second-order valence-corrected chi connectivity index (χ2v) is 6.04. The van der Waals surface area contributed by atoms with Gasteiger partial charge in [-0.3, -0.25) is 0 Å². The molecule has 1 saturated heterocycles. The molecule has 0 atom stereocenters. The van der Waals surface area contributed by atoms with Crippen molar-refractivity contribution < 1.29 is 9.47 Å². The quantitative estimate of drug-likeness (QED) is 0.812. The lowest BCUT2D eigenvalue weighted by atomic mass is 10.0. The third-order valence-corrected chi connectivity index (χ3v) is 4.57. The summed E-state index contributed by atoms with van der Waals surface area (Å²) in [6.45, 7) is 3.69. The molecule has 0 N–H and O–H groups in total. The topological polar surface area (TPSA) is 21.7 Å². The molecule has 4 heteroatoms. The zero-order valence-electron chi connectivity index (χ0n) is 14.0. The Morgan fingerprint density at radius 2 is 1.52 bits per heavy atom. The van der Waals surface area contributed by atoms with Gasteiger partial charge < -0.3 is 14.4 Å². The smallest absolute Gasteiger partial charge is 0.161 e. The summed E-state index contributed by atoms with van der Waals surface area (Å²) < 4.78 is 10.8. The fourth-order valence-electron chi connectivity index (χ4n) is 3.25. The van der Waals surface area contributed by atoms with E-state index in [1.165, 1.54) is 55.2 Å². The van der Waals surface area contributed by atoms with E-state index in [0.29, 0.717) is 0 Å². The van der Waals surface area contributed by atoms with Crippen molar-refractivity contribution in [3.8, 4) is 11.5 Å². The van der Waals surface area contributed by atoms with Crippen LogP contribution in [0.5, 0.6) is 11.5 Å². The van der Waals surface area contributed by atoms with Gasteiger partial charge in [-0.05, 0) is 60.8 Å². The molecule has 1 aliphatic rings. The van der Waals surface area contributed by atoms with Crippen molar-refractivity contribution in [3.05, 3.63) is 35.9 Å². The molecule has 1 heterocycles. The Balaban J connectivity index is 0.00000192. The summed E-state index contributed by atoms with van der Waals surface area (Å²) in [6, 6.07) is 10.8. The SMILES string of the molecule is COc1cc2ccc(CCN3CCCCC3)cc2cc1OC.Cl. The van der Waals surface area contributed by atoms with E-state index in [0.717, 1.165) is 17.9 Å². The van der Waals surface area contributed by atoms with Crippen molar-refractivity contribution in [3.63, 3.8) is 0 Å². The van der Waals surface area contributed by atoms with Crippen molar-refractivity contribution in [1.82, 2.24) is 4.90 Å². The van der Waals surface area contributed by atoms with Crippen LogP contribution in [0.2, 0.25) is 0 Å². The second kappa shape index (κ2) is 8.42. The maximum atomic E-state index is 5.41. The average molecular weight is 336 g/mol. The van der Waals surface area contributed by atoms with Crippen molar-refractivity contribution >= 4 is 23.2 Å². The van der Waals surface area contributed by atoms with Gasteiger partial charge in [0.05, 0.1) is 14.2 Å². The second-order valence-electron chi connectivity index (χ2n) is 6.04. The van der Waals surface area contributed by atoms with Gasteiger partial charge in [0.15, 0.2) is 11.5 Å². The highest BCUT2D eigenvalue weighted by Crippen LogP contribution is 2.32. The van der Waals surface area contributed by atoms with Crippen molar-refractivity contribution in [2.45, 2.75) is 25.7 Å².